The van der Waals surface area contributed by atoms with Gasteiger partial charge in [-0.05, 0) is 18.2 Å². The number of piperazine rings is 1. The first-order valence-corrected chi connectivity index (χ1v) is 11.4. The highest BCUT2D eigenvalue weighted by Gasteiger charge is 2.33. The number of halogens is 2. The number of cyclic esters (lactones) is 1. The van der Waals surface area contributed by atoms with Gasteiger partial charge in [0.2, 0.25) is 5.91 Å². The van der Waals surface area contributed by atoms with E-state index in [4.69, 9.17) is 4.74 Å². The van der Waals surface area contributed by atoms with Gasteiger partial charge in [0.15, 0.2) is 5.65 Å². The lowest BCUT2D eigenvalue weighted by Gasteiger charge is -2.36. The second kappa shape index (κ2) is 9.76. The number of rotatable bonds is 6. The molecule has 0 aliphatic carbocycles. The van der Waals surface area contributed by atoms with Crippen molar-refractivity contribution in [2.24, 2.45) is 0 Å². The predicted molar refractivity (Wildman–Crippen MR) is 124 cm³/mol. The number of imidazole rings is 1. The van der Waals surface area contributed by atoms with Crippen molar-refractivity contribution in [3.8, 4) is 0 Å². The maximum atomic E-state index is 14.9. The van der Waals surface area contributed by atoms with Gasteiger partial charge in [-0.15, -0.1) is 0 Å². The number of alkyl halides is 1. The Kier molecular flexibility index (Phi) is 6.36. The van der Waals surface area contributed by atoms with Crippen molar-refractivity contribution in [3.05, 3.63) is 54.5 Å². The van der Waals surface area contributed by atoms with E-state index in [-0.39, 0.29) is 24.7 Å². The molecule has 3 aromatic rings. The minimum absolute atomic E-state index is 0.0276. The number of carbonyl (C=O) groups is 3. The van der Waals surface area contributed by atoms with E-state index in [1.54, 1.807) is 44.9 Å². The second-order valence-corrected chi connectivity index (χ2v) is 8.42. The molecular weight excluding hydrogens is 476 g/mol. The van der Waals surface area contributed by atoms with Crippen LogP contribution >= 0.6 is 0 Å². The summed E-state index contributed by atoms with van der Waals surface area (Å²) in [6.07, 6.45) is 4.77. The van der Waals surface area contributed by atoms with Crippen LogP contribution in [0, 0.1) is 5.82 Å². The SMILES string of the molecule is O=C(NCC(=O)N1CCN(c2ccc(N3CC(CF)OC3=O)cc2F)CC1)c1cn2ccncc2n1. The first-order chi connectivity index (χ1) is 17.4. The zero-order valence-electron chi connectivity index (χ0n) is 19.1. The number of hydrogen-bond donors (Lipinski definition) is 1. The number of benzene rings is 1. The molecule has 2 aliphatic heterocycles. The second-order valence-electron chi connectivity index (χ2n) is 8.42. The molecule has 1 N–H and O–H groups in total. The molecule has 5 rings (SSSR count). The van der Waals surface area contributed by atoms with Crippen molar-refractivity contribution in [2.45, 2.75) is 6.10 Å². The molecule has 0 bridgehead atoms. The maximum Gasteiger partial charge on any atom is 0.414 e. The fraction of sp³-hybridized carbons (Fsp3) is 0.348. The lowest BCUT2D eigenvalue weighted by Crippen LogP contribution is -2.51. The van der Waals surface area contributed by atoms with E-state index in [0.29, 0.717) is 43.2 Å². The van der Waals surface area contributed by atoms with Gasteiger partial charge in [-0.3, -0.25) is 19.5 Å². The van der Waals surface area contributed by atoms with Crippen LogP contribution in [0.3, 0.4) is 0 Å². The number of amides is 3. The monoisotopic (exact) mass is 499 g/mol. The third-order valence-corrected chi connectivity index (χ3v) is 6.16. The van der Waals surface area contributed by atoms with Crippen molar-refractivity contribution in [3.63, 3.8) is 0 Å². The van der Waals surface area contributed by atoms with Gasteiger partial charge in [0.1, 0.15) is 24.3 Å². The molecule has 1 aromatic carbocycles. The smallest absolute Gasteiger partial charge is 0.414 e. The van der Waals surface area contributed by atoms with Gasteiger partial charge >= 0.3 is 6.09 Å². The van der Waals surface area contributed by atoms with Crippen molar-refractivity contribution >= 4 is 34.9 Å². The molecule has 13 heteroatoms. The van der Waals surface area contributed by atoms with Gasteiger partial charge in [0.05, 0.1) is 30.7 Å². The summed E-state index contributed by atoms with van der Waals surface area (Å²) in [5.74, 6) is -1.24. The van der Waals surface area contributed by atoms with Crippen LogP contribution in [-0.2, 0) is 9.53 Å². The van der Waals surface area contributed by atoms with Gasteiger partial charge in [-0.25, -0.2) is 18.6 Å². The molecule has 11 nitrogen and oxygen atoms in total. The minimum atomic E-state index is -0.854. The number of nitrogens with one attached hydrogen (secondary N) is 1. The first kappa shape index (κ1) is 23.5. The molecule has 2 aliphatic rings. The molecule has 188 valence electrons. The summed E-state index contributed by atoms with van der Waals surface area (Å²) < 4.78 is 34.2. The maximum absolute atomic E-state index is 14.9. The Morgan fingerprint density at radius 3 is 2.69 bits per heavy atom. The van der Waals surface area contributed by atoms with E-state index in [0.717, 1.165) is 0 Å². The summed E-state index contributed by atoms with van der Waals surface area (Å²) in [6, 6.07) is 4.37. The Balaban J connectivity index is 1.13. The van der Waals surface area contributed by atoms with E-state index in [9.17, 15) is 23.2 Å². The van der Waals surface area contributed by atoms with Crippen LogP contribution in [0.5, 0.6) is 0 Å². The Morgan fingerprint density at radius 1 is 1.19 bits per heavy atom. The summed E-state index contributed by atoms with van der Waals surface area (Å²) in [5.41, 5.74) is 1.34. The molecular formula is C23H23F2N7O4. The van der Waals surface area contributed by atoms with Crippen LogP contribution in [-0.4, -0.2) is 89.2 Å². The molecule has 0 saturated carbocycles. The Hall–Kier alpha value is -4.29. The van der Waals surface area contributed by atoms with Crippen LogP contribution in [0.4, 0.5) is 25.0 Å². The number of hydrogen-bond acceptors (Lipinski definition) is 7. The summed E-state index contributed by atoms with van der Waals surface area (Å²) >= 11 is 0. The third kappa shape index (κ3) is 4.63. The van der Waals surface area contributed by atoms with E-state index in [1.165, 1.54) is 17.2 Å². The standard InChI is InChI=1S/C23H23F2N7O4/c24-10-16-13-32(23(35)36-16)15-1-2-19(17(25)9-15)29-5-7-30(8-6-29)21(33)12-27-22(34)18-14-31-4-3-26-11-20(31)28-18/h1-4,9,11,14,16H,5-8,10,12-13H2,(H,27,34). The third-order valence-electron chi connectivity index (χ3n) is 6.16. The van der Waals surface area contributed by atoms with Crippen LogP contribution in [0.1, 0.15) is 10.5 Å². The molecule has 36 heavy (non-hydrogen) atoms. The number of nitrogens with zero attached hydrogens (tertiary/aromatic N) is 6. The summed E-state index contributed by atoms with van der Waals surface area (Å²) in [7, 11) is 0. The highest BCUT2D eigenvalue weighted by molar-refractivity contribution is 5.95. The predicted octanol–water partition coefficient (Wildman–Crippen LogP) is 1.24. The van der Waals surface area contributed by atoms with E-state index >= 15 is 0 Å². The van der Waals surface area contributed by atoms with Gasteiger partial charge < -0.3 is 24.3 Å². The largest absolute Gasteiger partial charge is 0.441 e. The average molecular weight is 499 g/mol. The van der Waals surface area contributed by atoms with E-state index < -0.39 is 30.6 Å². The molecule has 1 unspecified atom stereocenters. The van der Waals surface area contributed by atoms with E-state index in [1.807, 2.05) is 0 Å². The zero-order valence-corrected chi connectivity index (χ0v) is 19.1. The Bertz CT molecular complexity index is 1280. The summed E-state index contributed by atoms with van der Waals surface area (Å²) in [6.45, 7) is 0.544. The molecule has 2 saturated heterocycles. The van der Waals surface area contributed by atoms with Crippen molar-refractivity contribution < 1.29 is 27.9 Å². The fourth-order valence-electron chi connectivity index (χ4n) is 4.24. The summed E-state index contributed by atoms with van der Waals surface area (Å²) in [5, 5.41) is 2.59. The number of fused-ring (bicyclic) bond motifs is 1. The summed E-state index contributed by atoms with van der Waals surface area (Å²) in [4.78, 5) is 49.6. The molecule has 2 aromatic heterocycles. The lowest BCUT2D eigenvalue weighted by atomic mass is 10.2. The average Bonchev–Trinajstić information content (AvgIpc) is 3.50. The number of aromatic nitrogens is 3. The number of ether oxygens (including phenoxy) is 1. The quantitative estimate of drug-likeness (QED) is 0.543. The molecule has 2 fully saturated rings. The topological polar surface area (TPSA) is 112 Å². The fourth-order valence-corrected chi connectivity index (χ4v) is 4.24. The molecule has 4 heterocycles. The Morgan fingerprint density at radius 2 is 2.00 bits per heavy atom. The first-order valence-electron chi connectivity index (χ1n) is 11.4. The van der Waals surface area contributed by atoms with Crippen molar-refractivity contribution in [2.75, 3.05) is 55.7 Å². The molecule has 0 radical (unpaired) electrons. The zero-order chi connectivity index (χ0) is 25.2. The van der Waals surface area contributed by atoms with Crippen LogP contribution in [0.2, 0.25) is 0 Å². The van der Waals surface area contributed by atoms with Gasteiger partial charge in [0, 0.05) is 44.8 Å². The Labute approximate surface area is 204 Å². The number of anilines is 2. The number of carbonyl (C=O) groups excluding carboxylic acids is 3. The molecule has 1 atom stereocenters. The van der Waals surface area contributed by atoms with Crippen molar-refractivity contribution in [1.29, 1.82) is 0 Å². The van der Waals surface area contributed by atoms with Gasteiger partial charge in [0.25, 0.3) is 5.91 Å². The van der Waals surface area contributed by atoms with Crippen LogP contribution in [0.25, 0.3) is 5.65 Å². The van der Waals surface area contributed by atoms with E-state index in [2.05, 4.69) is 15.3 Å². The van der Waals surface area contributed by atoms with Crippen molar-refractivity contribution in [1.82, 2.24) is 24.6 Å². The normalized spacial score (nSPS) is 18.0. The van der Waals surface area contributed by atoms with Gasteiger partial charge in [-0.1, -0.05) is 0 Å². The highest BCUT2D eigenvalue weighted by atomic mass is 19.1. The van der Waals surface area contributed by atoms with Crippen LogP contribution in [0.15, 0.2) is 43.0 Å². The lowest BCUT2D eigenvalue weighted by molar-refractivity contribution is -0.130. The molecule has 0 spiro atoms. The van der Waals surface area contributed by atoms with Crippen LogP contribution < -0.4 is 15.1 Å². The minimum Gasteiger partial charge on any atom is -0.441 e. The highest BCUT2D eigenvalue weighted by Crippen LogP contribution is 2.28. The molecule has 3 amide bonds. The van der Waals surface area contributed by atoms with Gasteiger partial charge in [-0.2, -0.15) is 0 Å².